The predicted octanol–water partition coefficient (Wildman–Crippen LogP) is 3.08. The Bertz CT molecular complexity index is 370. The van der Waals surface area contributed by atoms with Crippen LogP contribution in [0.1, 0.15) is 64.7 Å². The molecule has 3 rings (SSSR count). The molecule has 0 aliphatic heterocycles. The van der Waals surface area contributed by atoms with E-state index in [1.54, 1.807) is 0 Å². The molecule has 3 N–H and O–H groups in total. The van der Waals surface area contributed by atoms with Gasteiger partial charge in [-0.2, -0.15) is 0 Å². The summed E-state index contributed by atoms with van der Waals surface area (Å²) in [6.45, 7) is 2.95. The molecule has 0 aromatic heterocycles. The molecule has 3 aliphatic carbocycles. The van der Waals surface area contributed by atoms with Crippen LogP contribution >= 0.6 is 0 Å². The molecule has 21 heavy (non-hydrogen) atoms. The van der Waals surface area contributed by atoms with Gasteiger partial charge in [-0.25, -0.2) is 0 Å². The molecule has 2 bridgehead atoms. The fourth-order valence-electron chi connectivity index (χ4n) is 5.64. The van der Waals surface area contributed by atoms with Crippen molar-refractivity contribution in [3.63, 3.8) is 0 Å². The molecular formula is C18H32N2O. The summed E-state index contributed by atoms with van der Waals surface area (Å²) in [6.07, 6.45) is 10.9. The third-order valence-electron chi connectivity index (χ3n) is 6.71. The van der Waals surface area contributed by atoms with Crippen LogP contribution in [0, 0.1) is 29.6 Å². The lowest BCUT2D eigenvalue weighted by Crippen LogP contribution is -2.42. The number of nitrogens with two attached hydrogens (primary N) is 1. The molecule has 0 aromatic carbocycles. The molecule has 3 fully saturated rings. The van der Waals surface area contributed by atoms with Crippen LogP contribution in [0.25, 0.3) is 0 Å². The van der Waals surface area contributed by atoms with Crippen LogP contribution in [0.5, 0.6) is 0 Å². The van der Waals surface area contributed by atoms with E-state index in [4.69, 9.17) is 5.73 Å². The van der Waals surface area contributed by atoms with Gasteiger partial charge in [0.2, 0.25) is 5.91 Å². The predicted molar refractivity (Wildman–Crippen MR) is 85.7 cm³/mol. The van der Waals surface area contributed by atoms with E-state index < -0.39 is 0 Å². The number of nitrogens with one attached hydrogen (secondary N) is 1. The fourth-order valence-corrected chi connectivity index (χ4v) is 5.64. The standard InChI is InChI=1S/C18H32N2O/c1-2-12(8-9-19)6-7-18(21)20-17-11-13-10-16(17)15-5-3-4-14(13)15/h12-17H,2-11,19H2,1H3,(H,20,21). The fraction of sp³-hybridized carbons (Fsp3) is 0.944. The van der Waals surface area contributed by atoms with Gasteiger partial charge in [-0.15, -0.1) is 0 Å². The second-order valence-corrected chi connectivity index (χ2v) is 7.72. The number of hydrogen-bond donors (Lipinski definition) is 2. The first-order chi connectivity index (χ1) is 10.2. The van der Waals surface area contributed by atoms with E-state index in [1.807, 2.05) is 0 Å². The summed E-state index contributed by atoms with van der Waals surface area (Å²) in [5.74, 6) is 4.59. The quantitative estimate of drug-likeness (QED) is 0.757. The van der Waals surface area contributed by atoms with Crippen molar-refractivity contribution in [3.05, 3.63) is 0 Å². The zero-order valence-electron chi connectivity index (χ0n) is 13.5. The van der Waals surface area contributed by atoms with E-state index in [0.29, 0.717) is 18.4 Å². The van der Waals surface area contributed by atoms with Crippen LogP contribution in [0.4, 0.5) is 0 Å². The maximum Gasteiger partial charge on any atom is 0.220 e. The molecule has 3 nitrogen and oxygen atoms in total. The molecule has 0 saturated heterocycles. The van der Waals surface area contributed by atoms with E-state index in [0.717, 1.165) is 49.5 Å². The van der Waals surface area contributed by atoms with Gasteiger partial charge in [0.1, 0.15) is 0 Å². The Labute approximate surface area is 129 Å². The highest BCUT2D eigenvalue weighted by molar-refractivity contribution is 5.76. The van der Waals surface area contributed by atoms with Crippen molar-refractivity contribution in [3.8, 4) is 0 Å². The normalized spacial score (nSPS) is 38.5. The minimum absolute atomic E-state index is 0.289. The maximum absolute atomic E-state index is 12.2. The molecule has 3 aliphatic rings. The third-order valence-corrected chi connectivity index (χ3v) is 6.71. The van der Waals surface area contributed by atoms with E-state index in [-0.39, 0.29) is 5.91 Å². The van der Waals surface area contributed by atoms with Crippen LogP contribution in [0.2, 0.25) is 0 Å². The van der Waals surface area contributed by atoms with E-state index in [9.17, 15) is 4.79 Å². The SMILES string of the molecule is CCC(CCN)CCC(=O)NC1CC2CC1C1CCCC21. The Morgan fingerprint density at radius 1 is 1.19 bits per heavy atom. The number of amides is 1. The van der Waals surface area contributed by atoms with Crippen molar-refractivity contribution in [2.45, 2.75) is 70.8 Å². The molecule has 1 amide bonds. The second kappa shape index (κ2) is 6.68. The van der Waals surface area contributed by atoms with Crippen molar-refractivity contribution >= 4 is 5.91 Å². The van der Waals surface area contributed by atoms with Gasteiger partial charge in [0, 0.05) is 12.5 Å². The first kappa shape index (κ1) is 15.3. The summed E-state index contributed by atoms with van der Waals surface area (Å²) in [7, 11) is 0. The van der Waals surface area contributed by atoms with Crippen molar-refractivity contribution < 1.29 is 4.79 Å². The second-order valence-electron chi connectivity index (χ2n) is 7.72. The molecule has 6 unspecified atom stereocenters. The average molecular weight is 292 g/mol. The van der Waals surface area contributed by atoms with Crippen molar-refractivity contribution in [2.75, 3.05) is 6.54 Å². The molecule has 120 valence electrons. The minimum Gasteiger partial charge on any atom is -0.353 e. The molecule has 3 heteroatoms. The highest BCUT2D eigenvalue weighted by atomic mass is 16.1. The minimum atomic E-state index is 0.289. The molecular weight excluding hydrogens is 260 g/mol. The third kappa shape index (κ3) is 3.13. The van der Waals surface area contributed by atoms with Crippen LogP contribution in [-0.4, -0.2) is 18.5 Å². The summed E-state index contributed by atoms with van der Waals surface area (Å²) in [4.78, 5) is 12.2. The molecule has 3 saturated carbocycles. The Hall–Kier alpha value is -0.570. The largest absolute Gasteiger partial charge is 0.353 e. The number of carbonyl (C=O) groups is 1. The molecule has 0 radical (unpaired) electrons. The lowest BCUT2D eigenvalue weighted by Gasteiger charge is -2.32. The van der Waals surface area contributed by atoms with Gasteiger partial charge in [-0.3, -0.25) is 4.79 Å². The van der Waals surface area contributed by atoms with Gasteiger partial charge in [-0.1, -0.05) is 19.8 Å². The van der Waals surface area contributed by atoms with Gasteiger partial charge in [0.15, 0.2) is 0 Å². The zero-order valence-corrected chi connectivity index (χ0v) is 13.5. The zero-order chi connectivity index (χ0) is 14.8. The van der Waals surface area contributed by atoms with Crippen molar-refractivity contribution in [1.82, 2.24) is 5.32 Å². The van der Waals surface area contributed by atoms with Crippen LogP contribution in [0.15, 0.2) is 0 Å². The summed E-state index contributed by atoms with van der Waals surface area (Å²) in [5, 5.41) is 3.37. The number of rotatable bonds is 7. The van der Waals surface area contributed by atoms with Crippen molar-refractivity contribution in [2.24, 2.45) is 35.3 Å². The Morgan fingerprint density at radius 2 is 2.00 bits per heavy atom. The van der Waals surface area contributed by atoms with Gasteiger partial charge in [-0.05, 0) is 74.7 Å². The number of hydrogen-bond acceptors (Lipinski definition) is 2. The Kier molecular flexibility index (Phi) is 4.88. The molecule has 0 heterocycles. The van der Waals surface area contributed by atoms with Gasteiger partial charge in [0.25, 0.3) is 0 Å². The van der Waals surface area contributed by atoms with Crippen LogP contribution in [0.3, 0.4) is 0 Å². The van der Waals surface area contributed by atoms with E-state index >= 15 is 0 Å². The van der Waals surface area contributed by atoms with E-state index in [1.165, 1.54) is 32.1 Å². The molecule has 0 aromatic rings. The summed E-state index contributed by atoms with van der Waals surface area (Å²) in [6, 6.07) is 0.497. The lowest BCUT2D eigenvalue weighted by molar-refractivity contribution is -0.122. The highest BCUT2D eigenvalue weighted by Gasteiger charge is 2.53. The van der Waals surface area contributed by atoms with Crippen molar-refractivity contribution in [1.29, 1.82) is 0 Å². The Balaban J connectivity index is 1.44. The van der Waals surface area contributed by atoms with Gasteiger partial charge >= 0.3 is 0 Å². The van der Waals surface area contributed by atoms with Crippen LogP contribution in [-0.2, 0) is 4.79 Å². The molecule has 0 spiro atoms. The summed E-state index contributed by atoms with van der Waals surface area (Å²) in [5.41, 5.74) is 5.63. The summed E-state index contributed by atoms with van der Waals surface area (Å²) < 4.78 is 0. The number of fused-ring (bicyclic) bond motifs is 5. The maximum atomic E-state index is 12.2. The lowest BCUT2D eigenvalue weighted by atomic mass is 9.79. The Morgan fingerprint density at radius 3 is 2.76 bits per heavy atom. The first-order valence-electron chi connectivity index (χ1n) is 9.22. The van der Waals surface area contributed by atoms with Crippen LogP contribution < -0.4 is 11.1 Å². The topological polar surface area (TPSA) is 55.1 Å². The van der Waals surface area contributed by atoms with Gasteiger partial charge < -0.3 is 11.1 Å². The average Bonchev–Trinajstić information content (AvgIpc) is 3.15. The monoisotopic (exact) mass is 292 g/mol. The first-order valence-corrected chi connectivity index (χ1v) is 9.22. The summed E-state index contributed by atoms with van der Waals surface area (Å²) >= 11 is 0. The highest BCUT2D eigenvalue weighted by Crippen LogP contribution is 2.58. The van der Waals surface area contributed by atoms with Gasteiger partial charge in [0.05, 0.1) is 0 Å². The molecule has 6 atom stereocenters. The smallest absolute Gasteiger partial charge is 0.220 e. The van der Waals surface area contributed by atoms with E-state index in [2.05, 4.69) is 12.2 Å². The number of carbonyl (C=O) groups excluding carboxylic acids is 1.